The van der Waals surface area contributed by atoms with Gasteiger partial charge >= 0.3 is 0 Å². The van der Waals surface area contributed by atoms with Crippen LogP contribution in [0.15, 0.2) is 212 Å². The van der Waals surface area contributed by atoms with Gasteiger partial charge < -0.3 is 0 Å². The van der Waals surface area contributed by atoms with Crippen molar-refractivity contribution in [3.63, 3.8) is 0 Å². The molecule has 270 valence electrons. The van der Waals surface area contributed by atoms with Gasteiger partial charge in [0.2, 0.25) is 0 Å². The van der Waals surface area contributed by atoms with E-state index in [0.29, 0.717) is 17.5 Å². The Bertz CT molecular complexity index is 3300. The van der Waals surface area contributed by atoms with Crippen molar-refractivity contribution in [3.8, 4) is 67.5 Å². The highest BCUT2D eigenvalue weighted by molar-refractivity contribution is 6.20. The predicted octanol–water partition coefficient (Wildman–Crippen LogP) is 14.5. The first-order chi connectivity index (χ1) is 28.7. The molecule has 0 unspecified atom stereocenters. The summed E-state index contributed by atoms with van der Waals surface area (Å²) in [6.45, 7) is 0. The van der Waals surface area contributed by atoms with Crippen molar-refractivity contribution in [1.82, 2.24) is 15.0 Å². The van der Waals surface area contributed by atoms with Gasteiger partial charge in [-0.15, -0.1) is 0 Å². The Morgan fingerprint density at radius 3 is 1.28 bits per heavy atom. The van der Waals surface area contributed by atoms with E-state index in [-0.39, 0.29) is 0 Å². The highest BCUT2D eigenvalue weighted by Gasteiger charge is 2.16. The van der Waals surface area contributed by atoms with Crippen LogP contribution >= 0.6 is 0 Å². The monoisotopic (exact) mass is 737 g/mol. The molecular formula is C55H35N3. The summed E-state index contributed by atoms with van der Waals surface area (Å²) in [5, 5.41) is 9.91. The lowest BCUT2D eigenvalue weighted by molar-refractivity contribution is 1.07. The van der Waals surface area contributed by atoms with E-state index in [1.165, 1.54) is 59.8 Å². The Balaban J connectivity index is 1.01. The van der Waals surface area contributed by atoms with Crippen LogP contribution in [0.4, 0.5) is 0 Å². The molecule has 10 aromatic carbocycles. The molecule has 0 spiro atoms. The molecule has 11 aromatic rings. The second kappa shape index (κ2) is 14.1. The molecular weight excluding hydrogens is 703 g/mol. The van der Waals surface area contributed by atoms with E-state index in [9.17, 15) is 0 Å². The third-order valence-corrected chi connectivity index (χ3v) is 11.3. The molecule has 0 atom stereocenters. The molecule has 0 fully saturated rings. The smallest absolute Gasteiger partial charge is 0.164 e. The van der Waals surface area contributed by atoms with Crippen LogP contribution in [0.3, 0.4) is 0 Å². The van der Waals surface area contributed by atoms with Crippen molar-refractivity contribution in [2.75, 3.05) is 0 Å². The quantitative estimate of drug-likeness (QED) is 0.126. The van der Waals surface area contributed by atoms with Gasteiger partial charge in [0.1, 0.15) is 0 Å². The zero-order valence-corrected chi connectivity index (χ0v) is 31.5. The number of aromatic nitrogens is 3. The summed E-state index contributed by atoms with van der Waals surface area (Å²) >= 11 is 0. The van der Waals surface area contributed by atoms with Crippen molar-refractivity contribution in [1.29, 1.82) is 0 Å². The van der Waals surface area contributed by atoms with Crippen molar-refractivity contribution in [2.24, 2.45) is 0 Å². The maximum Gasteiger partial charge on any atom is 0.164 e. The number of nitrogens with zero attached hydrogens (tertiary/aromatic N) is 3. The zero-order chi connectivity index (χ0) is 38.4. The average molecular weight is 738 g/mol. The van der Waals surface area contributed by atoms with E-state index in [1.54, 1.807) is 0 Å². The molecule has 11 rings (SSSR count). The Labute approximate surface area is 336 Å². The van der Waals surface area contributed by atoms with Gasteiger partial charge in [0.05, 0.1) is 0 Å². The summed E-state index contributed by atoms with van der Waals surface area (Å²) in [6, 6.07) is 75.4. The maximum absolute atomic E-state index is 5.12. The third kappa shape index (κ3) is 6.07. The lowest BCUT2D eigenvalue weighted by Crippen LogP contribution is -2.00. The first-order valence-electron chi connectivity index (χ1n) is 19.7. The molecule has 3 nitrogen and oxygen atoms in total. The zero-order valence-electron chi connectivity index (χ0n) is 31.5. The van der Waals surface area contributed by atoms with Crippen LogP contribution in [0.25, 0.3) is 111 Å². The molecule has 0 aliphatic heterocycles. The standard InChI is InChI=1S/C55H35N3/c1-2-10-36(11-3-1)38-18-25-42(26-19-38)53-56-54(43-27-20-39(21-28-43)46-31-22-37-12-4-5-14-45(37)34-46)58-55(57-53)44-29-23-41(24-30-44)52-49-17-9-7-15-47(49)35-51-48-16-8-6-13-40(48)32-33-50(51)52/h1-35H. The number of benzene rings is 10. The topological polar surface area (TPSA) is 38.7 Å². The molecule has 0 aliphatic carbocycles. The number of fused-ring (bicyclic) bond motifs is 5. The first-order valence-corrected chi connectivity index (χ1v) is 19.7. The minimum Gasteiger partial charge on any atom is -0.208 e. The van der Waals surface area contributed by atoms with E-state index in [2.05, 4.69) is 206 Å². The van der Waals surface area contributed by atoms with Gasteiger partial charge in [-0.05, 0) is 88.6 Å². The fourth-order valence-corrected chi connectivity index (χ4v) is 8.30. The van der Waals surface area contributed by atoms with Crippen LogP contribution in [0, 0.1) is 0 Å². The van der Waals surface area contributed by atoms with Gasteiger partial charge in [-0.25, -0.2) is 15.0 Å². The van der Waals surface area contributed by atoms with Crippen molar-refractivity contribution < 1.29 is 0 Å². The van der Waals surface area contributed by atoms with Crippen LogP contribution in [0.5, 0.6) is 0 Å². The summed E-state index contributed by atoms with van der Waals surface area (Å²) in [4.78, 5) is 15.3. The van der Waals surface area contributed by atoms with Gasteiger partial charge in [-0.1, -0.05) is 200 Å². The Kier molecular flexibility index (Phi) is 8.15. The van der Waals surface area contributed by atoms with E-state index in [0.717, 1.165) is 33.4 Å². The van der Waals surface area contributed by atoms with Gasteiger partial charge in [-0.3, -0.25) is 0 Å². The normalized spacial score (nSPS) is 11.4. The van der Waals surface area contributed by atoms with Crippen molar-refractivity contribution in [2.45, 2.75) is 0 Å². The SMILES string of the molecule is c1ccc(-c2ccc(-c3nc(-c4ccc(-c5ccc6ccccc6c5)cc4)nc(-c4ccc(-c5c6ccccc6cc6c5ccc5ccccc56)cc4)n3)cc2)cc1. The predicted molar refractivity (Wildman–Crippen MR) is 242 cm³/mol. The summed E-state index contributed by atoms with van der Waals surface area (Å²) in [6.07, 6.45) is 0. The van der Waals surface area contributed by atoms with Crippen LogP contribution in [0.1, 0.15) is 0 Å². The van der Waals surface area contributed by atoms with E-state index >= 15 is 0 Å². The molecule has 0 bridgehead atoms. The molecule has 3 heteroatoms. The first kappa shape index (κ1) is 33.6. The molecule has 0 N–H and O–H groups in total. The molecule has 0 aliphatic rings. The Morgan fingerprint density at radius 1 is 0.207 bits per heavy atom. The van der Waals surface area contributed by atoms with Gasteiger partial charge in [-0.2, -0.15) is 0 Å². The summed E-state index contributed by atoms with van der Waals surface area (Å²) in [5.41, 5.74) is 9.81. The van der Waals surface area contributed by atoms with Crippen LogP contribution in [-0.4, -0.2) is 15.0 Å². The van der Waals surface area contributed by atoms with E-state index in [1.807, 2.05) is 6.07 Å². The highest BCUT2D eigenvalue weighted by Crippen LogP contribution is 2.40. The molecule has 0 saturated carbocycles. The molecule has 1 aromatic heterocycles. The second-order valence-electron chi connectivity index (χ2n) is 14.8. The third-order valence-electron chi connectivity index (χ3n) is 11.3. The minimum absolute atomic E-state index is 0.631. The van der Waals surface area contributed by atoms with Gasteiger partial charge in [0.25, 0.3) is 0 Å². The summed E-state index contributed by atoms with van der Waals surface area (Å²) in [5.74, 6) is 1.90. The van der Waals surface area contributed by atoms with E-state index in [4.69, 9.17) is 15.0 Å². The summed E-state index contributed by atoms with van der Waals surface area (Å²) < 4.78 is 0. The lowest BCUT2D eigenvalue weighted by Gasteiger charge is -2.14. The maximum atomic E-state index is 5.12. The van der Waals surface area contributed by atoms with Crippen molar-refractivity contribution >= 4 is 43.1 Å². The lowest BCUT2D eigenvalue weighted by atomic mass is 9.89. The number of hydrogen-bond acceptors (Lipinski definition) is 3. The van der Waals surface area contributed by atoms with Crippen molar-refractivity contribution in [3.05, 3.63) is 212 Å². The fraction of sp³-hybridized carbons (Fsp3) is 0. The van der Waals surface area contributed by atoms with Crippen LogP contribution in [-0.2, 0) is 0 Å². The van der Waals surface area contributed by atoms with Gasteiger partial charge in [0, 0.05) is 16.7 Å². The van der Waals surface area contributed by atoms with Crippen LogP contribution < -0.4 is 0 Å². The molecule has 0 amide bonds. The van der Waals surface area contributed by atoms with Gasteiger partial charge in [0.15, 0.2) is 17.5 Å². The Hall–Kier alpha value is -7.75. The minimum atomic E-state index is 0.631. The van der Waals surface area contributed by atoms with Crippen LogP contribution in [0.2, 0.25) is 0 Å². The van der Waals surface area contributed by atoms with E-state index < -0.39 is 0 Å². The molecule has 1 heterocycles. The largest absolute Gasteiger partial charge is 0.208 e. The molecule has 0 radical (unpaired) electrons. The number of rotatable bonds is 6. The second-order valence-corrected chi connectivity index (χ2v) is 14.8. The summed E-state index contributed by atoms with van der Waals surface area (Å²) in [7, 11) is 0. The highest BCUT2D eigenvalue weighted by atomic mass is 15.0. The Morgan fingerprint density at radius 2 is 0.638 bits per heavy atom. The number of hydrogen-bond donors (Lipinski definition) is 0. The average Bonchev–Trinajstić information content (AvgIpc) is 3.31. The molecule has 0 saturated heterocycles. The fourth-order valence-electron chi connectivity index (χ4n) is 8.30. The molecule has 58 heavy (non-hydrogen) atoms.